The van der Waals surface area contributed by atoms with Crippen LogP contribution in [0.1, 0.15) is 12.8 Å². The topological polar surface area (TPSA) is 47.3 Å². The van der Waals surface area contributed by atoms with Gasteiger partial charge in [-0.3, -0.25) is 0 Å². The van der Waals surface area contributed by atoms with Crippen LogP contribution in [0, 0.1) is 11.8 Å². The van der Waals surface area contributed by atoms with Gasteiger partial charge < -0.3 is 15.8 Å². The molecule has 0 saturated carbocycles. The highest BCUT2D eigenvalue weighted by Gasteiger charge is 2.60. The van der Waals surface area contributed by atoms with Crippen LogP contribution in [0.4, 0.5) is 0 Å². The molecule has 68 valence electrons. The van der Waals surface area contributed by atoms with E-state index in [1.54, 1.807) is 0 Å². The van der Waals surface area contributed by atoms with Crippen LogP contribution < -0.4 is 11.1 Å². The number of hydrogen-bond acceptors (Lipinski definition) is 3. The summed E-state index contributed by atoms with van der Waals surface area (Å²) in [5, 5.41) is 3.43. The van der Waals surface area contributed by atoms with E-state index >= 15 is 0 Å². The monoisotopic (exact) mass is 168 g/mol. The highest BCUT2D eigenvalue weighted by molar-refractivity contribution is 5.11. The molecule has 3 heterocycles. The highest BCUT2D eigenvalue weighted by atomic mass is 16.5. The molecule has 0 aromatic heterocycles. The molecule has 0 amide bonds. The lowest BCUT2D eigenvalue weighted by Gasteiger charge is -2.28. The Morgan fingerprint density at radius 2 is 2.50 bits per heavy atom. The van der Waals surface area contributed by atoms with Crippen LogP contribution in [-0.2, 0) is 4.74 Å². The van der Waals surface area contributed by atoms with Crippen molar-refractivity contribution in [1.29, 1.82) is 0 Å². The lowest BCUT2D eigenvalue weighted by atomic mass is 9.74. The summed E-state index contributed by atoms with van der Waals surface area (Å²) in [7, 11) is 0. The first-order valence-electron chi connectivity index (χ1n) is 4.94. The Bertz CT molecular complexity index is 205. The predicted octanol–water partition coefficient (Wildman–Crippen LogP) is -0.288. The second-order valence-electron chi connectivity index (χ2n) is 4.40. The molecule has 3 nitrogen and oxygen atoms in total. The lowest BCUT2D eigenvalue weighted by molar-refractivity contribution is 0.0126. The predicted molar refractivity (Wildman–Crippen MR) is 45.7 cm³/mol. The van der Waals surface area contributed by atoms with Gasteiger partial charge in [-0.1, -0.05) is 0 Å². The Morgan fingerprint density at radius 1 is 1.58 bits per heavy atom. The van der Waals surface area contributed by atoms with Gasteiger partial charge in [0.1, 0.15) is 0 Å². The van der Waals surface area contributed by atoms with Gasteiger partial charge in [0.2, 0.25) is 0 Å². The Labute approximate surface area is 72.6 Å². The number of nitrogens with two attached hydrogens (primary N) is 1. The Hall–Kier alpha value is -0.120. The highest BCUT2D eigenvalue weighted by Crippen LogP contribution is 2.52. The maximum Gasteiger partial charge on any atom is 0.0855 e. The molecule has 3 aliphatic rings. The van der Waals surface area contributed by atoms with E-state index in [4.69, 9.17) is 10.5 Å². The van der Waals surface area contributed by atoms with E-state index < -0.39 is 0 Å². The second kappa shape index (κ2) is 2.22. The van der Waals surface area contributed by atoms with Crippen molar-refractivity contribution >= 4 is 0 Å². The van der Waals surface area contributed by atoms with Crippen LogP contribution in [0.5, 0.6) is 0 Å². The summed E-state index contributed by atoms with van der Waals surface area (Å²) in [6.07, 6.45) is 2.98. The molecule has 0 aromatic rings. The fourth-order valence-electron chi connectivity index (χ4n) is 3.38. The number of rotatable bonds is 1. The van der Waals surface area contributed by atoms with Crippen LogP contribution in [0.25, 0.3) is 0 Å². The largest absolute Gasteiger partial charge is 0.370 e. The van der Waals surface area contributed by atoms with Crippen molar-refractivity contribution in [2.45, 2.75) is 24.5 Å². The third-order valence-electron chi connectivity index (χ3n) is 3.97. The van der Waals surface area contributed by atoms with Gasteiger partial charge in [-0.05, 0) is 19.4 Å². The van der Waals surface area contributed by atoms with Crippen LogP contribution >= 0.6 is 0 Å². The zero-order valence-electron chi connectivity index (χ0n) is 7.25. The molecule has 12 heavy (non-hydrogen) atoms. The van der Waals surface area contributed by atoms with E-state index in [1.807, 2.05) is 0 Å². The molecule has 3 aliphatic heterocycles. The van der Waals surface area contributed by atoms with Gasteiger partial charge in [-0.15, -0.1) is 0 Å². The molecule has 0 aliphatic carbocycles. The van der Waals surface area contributed by atoms with Crippen molar-refractivity contribution < 1.29 is 4.74 Å². The van der Waals surface area contributed by atoms with Crippen molar-refractivity contribution in [1.82, 2.24) is 5.32 Å². The minimum atomic E-state index is 0.203. The molecular formula is C9H16N2O. The Morgan fingerprint density at radius 3 is 3.33 bits per heavy atom. The summed E-state index contributed by atoms with van der Waals surface area (Å²) in [6, 6.07) is 0. The molecule has 3 N–H and O–H groups in total. The van der Waals surface area contributed by atoms with Gasteiger partial charge in [0.05, 0.1) is 11.7 Å². The SMILES string of the molecule is NC[C@H]1[C@H]2CNC[C@]23CC[C@H]1O3. The summed E-state index contributed by atoms with van der Waals surface area (Å²) in [4.78, 5) is 0. The number of ether oxygens (including phenoxy) is 1. The lowest BCUT2D eigenvalue weighted by Crippen LogP contribution is -2.39. The van der Waals surface area contributed by atoms with Crippen LogP contribution in [0.3, 0.4) is 0 Å². The molecular weight excluding hydrogens is 152 g/mol. The van der Waals surface area contributed by atoms with E-state index in [1.165, 1.54) is 12.8 Å². The third kappa shape index (κ3) is 0.679. The molecule has 1 spiro atoms. The fraction of sp³-hybridized carbons (Fsp3) is 1.00. The average Bonchev–Trinajstić information content (AvgIpc) is 2.68. The van der Waals surface area contributed by atoms with Crippen molar-refractivity contribution in [2.24, 2.45) is 17.6 Å². The normalized spacial score (nSPS) is 56.2. The van der Waals surface area contributed by atoms with E-state index in [9.17, 15) is 0 Å². The van der Waals surface area contributed by atoms with Crippen LogP contribution in [-0.4, -0.2) is 31.3 Å². The van der Waals surface area contributed by atoms with Crippen molar-refractivity contribution in [3.8, 4) is 0 Å². The smallest absolute Gasteiger partial charge is 0.0855 e. The van der Waals surface area contributed by atoms with E-state index in [0.717, 1.165) is 19.6 Å². The average molecular weight is 168 g/mol. The maximum absolute atomic E-state index is 6.04. The first-order valence-corrected chi connectivity index (χ1v) is 4.94. The van der Waals surface area contributed by atoms with Crippen molar-refractivity contribution in [3.63, 3.8) is 0 Å². The Kier molecular flexibility index (Phi) is 1.35. The van der Waals surface area contributed by atoms with E-state index in [-0.39, 0.29) is 5.60 Å². The van der Waals surface area contributed by atoms with Gasteiger partial charge in [-0.2, -0.15) is 0 Å². The fourth-order valence-corrected chi connectivity index (χ4v) is 3.38. The zero-order valence-corrected chi connectivity index (χ0v) is 7.25. The zero-order chi connectivity index (χ0) is 8.18. The summed E-state index contributed by atoms with van der Waals surface area (Å²) in [5.41, 5.74) is 5.97. The Balaban J connectivity index is 1.94. The van der Waals surface area contributed by atoms with Crippen molar-refractivity contribution in [2.75, 3.05) is 19.6 Å². The maximum atomic E-state index is 6.04. The van der Waals surface area contributed by atoms with Gasteiger partial charge in [-0.25, -0.2) is 0 Å². The molecule has 0 aromatic carbocycles. The molecule has 0 radical (unpaired) electrons. The van der Waals surface area contributed by atoms with E-state index in [0.29, 0.717) is 17.9 Å². The van der Waals surface area contributed by atoms with Crippen molar-refractivity contribution in [3.05, 3.63) is 0 Å². The molecule has 3 saturated heterocycles. The van der Waals surface area contributed by atoms with Crippen LogP contribution in [0.2, 0.25) is 0 Å². The summed E-state index contributed by atoms with van der Waals surface area (Å²) in [5.74, 6) is 1.34. The first kappa shape index (κ1) is 7.30. The van der Waals surface area contributed by atoms with Gasteiger partial charge in [0, 0.05) is 24.9 Å². The molecule has 3 heteroatoms. The van der Waals surface area contributed by atoms with E-state index in [2.05, 4.69) is 5.32 Å². The second-order valence-corrected chi connectivity index (χ2v) is 4.40. The molecule has 2 bridgehead atoms. The standard InChI is InChI=1S/C9H16N2O/c10-3-6-7-4-11-5-9(7)2-1-8(6)12-9/h6-8,11H,1-5,10H2/t6-,7+,8+,9+/m0/s1. The third-order valence-corrected chi connectivity index (χ3v) is 3.97. The number of nitrogens with one attached hydrogen (secondary N) is 1. The van der Waals surface area contributed by atoms with Gasteiger partial charge in [0.15, 0.2) is 0 Å². The molecule has 3 rings (SSSR count). The minimum absolute atomic E-state index is 0.203. The summed E-state index contributed by atoms with van der Waals surface area (Å²) in [6.45, 7) is 2.99. The van der Waals surface area contributed by atoms with Gasteiger partial charge >= 0.3 is 0 Å². The first-order chi connectivity index (χ1) is 5.86. The van der Waals surface area contributed by atoms with Crippen LogP contribution in [0.15, 0.2) is 0 Å². The minimum Gasteiger partial charge on any atom is -0.370 e. The summed E-state index contributed by atoms with van der Waals surface area (Å²) >= 11 is 0. The molecule has 0 unspecified atom stereocenters. The number of hydrogen-bond donors (Lipinski definition) is 2. The quantitative estimate of drug-likeness (QED) is 0.565. The number of fused-ring (bicyclic) bond motifs is 1. The summed E-state index contributed by atoms with van der Waals surface area (Å²) < 4.78 is 6.04. The van der Waals surface area contributed by atoms with Gasteiger partial charge in [0.25, 0.3) is 0 Å². The molecule has 4 atom stereocenters. The molecule has 3 fully saturated rings.